The summed E-state index contributed by atoms with van der Waals surface area (Å²) in [7, 11) is 0. The Hall–Kier alpha value is -5.09. The molecule has 0 bridgehead atoms. The summed E-state index contributed by atoms with van der Waals surface area (Å²) in [6, 6.07) is 21.9. The Labute approximate surface area is 278 Å². The molecule has 0 unspecified atom stereocenters. The van der Waals surface area contributed by atoms with Gasteiger partial charge in [0.15, 0.2) is 11.5 Å². The summed E-state index contributed by atoms with van der Waals surface area (Å²) in [6.07, 6.45) is 4.26. The summed E-state index contributed by atoms with van der Waals surface area (Å²) in [5.74, 6) is 1.04. The lowest BCUT2D eigenvalue weighted by Crippen LogP contribution is -2.21. The molecule has 8 nitrogen and oxygen atoms in total. The number of fused-ring (bicyclic) bond motifs is 2. The van der Waals surface area contributed by atoms with E-state index in [9.17, 15) is 14.0 Å². The van der Waals surface area contributed by atoms with E-state index in [-0.39, 0.29) is 16.9 Å². The van der Waals surface area contributed by atoms with Crippen molar-refractivity contribution in [3.05, 3.63) is 161 Å². The first-order valence-corrected chi connectivity index (χ1v) is 15.8. The zero-order chi connectivity index (χ0) is 33.2. The van der Waals surface area contributed by atoms with Crippen LogP contribution in [0.3, 0.4) is 0 Å². The molecule has 0 aliphatic heterocycles. The summed E-state index contributed by atoms with van der Waals surface area (Å²) in [5.41, 5.74) is 5.58. The van der Waals surface area contributed by atoms with Crippen molar-refractivity contribution in [2.24, 2.45) is 0 Å². The van der Waals surface area contributed by atoms with E-state index in [1.165, 1.54) is 12.1 Å². The standard InChI is InChI=1S/C22H19FN2O2.C15H13BrN2O2/c1-14-3-8-20-17(11-16-4-6-18(23)7-5-16)12-25(22(26)21(20)9-14)13-19-10-15(2)24-27-19;1-9-3-4-12-13(5-9)15(19)18(8-14(12)16)7-11-6-10(2)17-20-11/h3-10,12H,11,13H2,1-2H3;3-6,8H,7H2,1-2H3. The number of nitrogens with zero attached hydrogens (tertiary/aromatic N) is 4. The second-order valence-electron chi connectivity index (χ2n) is 11.8. The molecule has 47 heavy (non-hydrogen) atoms. The fourth-order valence-electron chi connectivity index (χ4n) is 5.56. The van der Waals surface area contributed by atoms with Crippen LogP contribution in [-0.2, 0) is 19.5 Å². The molecule has 0 saturated carbocycles. The summed E-state index contributed by atoms with van der Waals surface area (Å²) in [4.78, 5) is 25.5. The van der Waals surface area contributed by atoms with Gasteiger partial charge in [-0.1, -0.05) is 57.8 Å². The highest BCUT2D eigenvalue weighted by Gasteiger charge is 2.13. The third-order valence-corrected chi connectivity index (χ3v) is 8.46. The molecule has 0 atom stereocenters. The van der Waals surface area contributed by atoms with Gasteiger partial charge in [-0.15, -0.1) is 0 Å². The van der Waals surface area contributed by atoms with Gasteiger partial charge in [-0.25, -0.2) is 4.39 Å². The number of hydrogen-bond acceptors (Lipinski definition) is 6. The van der Waals surface area contributed by atoms with Gasteiger partial charge in [-0.05, 0) is 90.8 Å². The highest BCUT2D eigenvalue weighted by Crippen LogP contribution is 2.23. The van der Waals surface area contributed by atoms with Gasteiger partial charge in [0.2, 0.25) is 0 Å². The van der Waals surface area contributed by atoms with E-state index in [1.54, 1.807) is 27.5 Å². The summed E-state index contributed by atoms with van der Waals surface area (Å²) in [5, 5.41) is 10.9. The average Bonchev–Trinajstić information content (AvgIpc) is 3.65. The Balaban J connectivity index is 0.000000172. The minimum absolute atomic E-state index is 0.0269. The van der Waals surface area contributed by atoms with Crippen molar-refractivity contribution in [3.8, 4) is 0 Å². The van der Waals surface area contributed by atoms with Crippen LogP contribution in [0.1, 0.15) is 45.2 Å². The molecule has 7 rings (SSSR count). The van der Waals surface area contributed by atoms with Crippen molar-refractivity contribution in [2.45, 2.75) is 47.2 Å². The Morgan fingerprint density at radius 2 is 1.17 bits per heavy atom. The molecular formula is C37H32BrFN4O4. The summed E-state index contributed by atoms with van der Waals surface area (Å²) < 4.78 is 27.9. The maximum atomic E-state index is 13.2. The molecule has 10 heteroatoms. The molecule has 238 valence electrons. The van der Waals surface area contributed by atoms with Crippen LogP contribution in [0.25, 0.3) is 21.5 Å². The summed E-state index contributed by atoms with van der Waals surface area (Å²) >= 11 is 3.52. The molecule has 0 saturated heterocycles. The maximum Gasteiger partial charge on any atom is 0.258 e. The van der Waals surface area contributed by atoms with Gasteiger partial charge in [-0.3, -0.25) is 9.59 Å². The van der Waals surface area contributed by atoms with E-state index in [2.05, 4.69) is 26.2 Å². The molecular weight excluding hydrogens is 663 g/mol. The van der Waals surface area contributed by atoms with Gasteiger partial charge in [0.1, 0.15) is 5.82 Å². The molecule has 0 aliphatic carbocycles. The minimum atomic E-state index is -0.259. The minimum Gasteiger partial charge on any atom is -0.359 e. The van der Waals surface area contributed by atoms with Crippen LogP contribution in [0, 0.1) is 33.5 Å². The van der Waals surface area contributed by atoms with Gasteiger partial charge in [0.05, 0.1) is 24.5 Å². The second-order valence-corrected chi connectivity index (χ2v) is 12.6. The molecule has 0 aliphatic rings. The Morgan fingerprint density at radius 3 is 1.70 bits per heavy atom. The van der Waals surface area contributed by atoms with Crippen LogP contribution < -0.4 is 11.1 Å². The van der Waals surface area contributed by atoms with E-state index in [0.717, 1.165) is 48.9 Å². The second kappa shape index (κ2) is 13.3. The molecule has 0 radical (unpaired) electrons. The van der Waals surface area contributed by atoms with Gasteiger partial charge < -0.3 is 18.2 Å². The first kappa shape index (κ1) is 31.9. The number of pyridine rings is 2. The Bertz CT molecular complexity index is 2350. The van der Waals surface area contributed by atoms with Gasteiger partial charge in [0.25, 0.3) is 11.1 Å². The van der Waals surface area contributed by atoms with Crippen LogP contribution in [0.2, 0.25) is 0 Å². The number of benzene rings is 3. The third-order valence-electron chi connectivity index (χ3n) is 7.83. The molecule has 0 amide bonds. The smallest absolute Gasteiger partial charge is 0.258 e. The number of halogens is 2. The predicted octanol–water partition coefficient (Wildman–Crippen LogP) is 7.80. The van der Waals surface area contributed by atoms with E-state index < -0.39 is 0 Å². The number of aryl methyl sites for hydroxylation is 4. The number of rotatable bonds is 6. The predicted molar refractivity (Wildman–Crippen MR) is 183 cm³/mol. The van der Waals surface area contributed by atoms with Crippen molar-refractivity contribution in [1.82, 2.24) is 19.4 Å². The van der Waals surface area contributed by atoms with Crippen LogP contribution in [0.5, 0.6) is 0 Å². The van der Waals surface area contributed by atoms with Gasteiger partial charge >= 0.3 is 0 Å². The monoisotopic (exact) mass is 694 g/mol. The fourth-order valence-corrected chi connectivity index (χ4v) is 6.16. The highest BCUT2D eigenvalue weighted by atomic mass is 79.9. The van der Waals surface area contributed by atoms with Crippen molar-refractivity contribution < 1.29 is 13.4 Å². The quantitative estimate of drug-likeness (QED) is 0.176. The van der Waals surface area contributed by atoms with E-state index >= 15 is 0 Å². The maximum absolute atomic E-state index is 13.2. The third kappa shape index (κ3) is 7.18. The Morgan fingerprint density at radius 1 is 0.660 bits per heavy atom. The van der Waals surface area contributed by atoms with Crippen molar-refractivity contribution in [1.29, 1.82) is 0 Å². The van der Waals surface area contributed by atoms with Crippen LogP contribution in [0.4, 0.5) is 4.39 Å². The van der Waals surface area contributed by atoms with Gasteiger partial charge in [0, 0.05) is 45.2 Å². The molecule has 3 aromatic carbocycles. The van der Waals surface area contributed by atoms with E-state index in [4.69, 9.17) is 9.05 Å². The Kier molecular flexibility index (Phi) is 9.04. The fraction of sp³-hybridized carbons (Fsp3) is 0.189. The normalized spacial score (nSPS) is 11.2. The van der Waals surface area contributed by atoms with Crippen LogP contribution in [0.15, 0.2) is 108 Å². The van der Waals surface area contributed by atoms with Crippen LogP contribution in [-0.4, -0.2) is 19.4 Å². The van der Waals surface area contributed by atoms with Crippen molar-refractivity contribution >= 4 is 37.5 Å². The zero-order valence-corrected chi connectivity index (χ0v) is 28.0. The molecule has 4 aromatic heterocycles. The first-order valence-electron chi connectivity index (χ1n) is 15.0. The van der Waals surface area contributed by atoms with Crippen molar-refractivity contribution in [2.75, 3.05) is 0 Å². The topological polar surface area (TPSA) is 96.1 Å². The highest BCUT2D eigenvalue weighted by molar-refractivity contribution is 9.10. The largest absolute Gasteiger partial charge is 0.359 e. The SMILES string of the molecule is Cc1ccc2c(Br)cn(Cc3cc(C)no3)c(=O)c2c1.Cc1ccc2c(Cc3ccc(F)cc3)cn(Cc3cc(C)no3)c(=O)c2c1. The molecule has 0 N–H and O–H groups in total. The van der Waals surface area contributed by atoms with Crippen molar-refractivity contribution in [3.63, 3.8) is 0 Å². The number of hydrogen-bond donors (Lipinski definition) is 0. The molecule has 7 aromatic rings. The zero-order valence-electron chi connectivity index (χ0n) is 26.4. The lowest BCUT2D eigenvalue weighted by molar-refractivity contribution is 0.371. The summed E-state index contributed by atoms with van der Waals surface area (Å²) in [6.45, 7) is 8.34. The van der Waals surface area contributed by atoms with E-state index in [1.807, 2.05) is 82.4 Å². The van der Waals surface area contributed by atoms with E-state index in [0.29, 0.717) is 41.8 Å². The molecule has 0 spiro atoms. The first-order chi connectivity index (χ1) is 22.5. The van der Waals surface area contributed by atoms with Crippen LogP contribution >= 0.6 is 15.9 Å². The lowest BCUT2D eigenvalue weighted by atomic mass is 9.99. The van der Waals surface area contributed by atoms with Gasteiger partial charge in [-0.2, -0.15) is 0 Å². The molecule has 0 fully saturated rings. The number of aromatic nitrogens is 4. The lowest BCUT2D eigenvalue weighted by Gasteiger charge is -2.12. The molecule has 4 heterocycles. The average molecular weight is 696 g/mol.